The molecule has 102 valence electrons. The number of hydrogen-bond donors (Lipinski definition) is 0. The molecule has 0 aliphatic carbocycles. The van der Waals surface area contributed by atoms with Crippen LogP contribution in [0.3, 0.4) is 0 Å². The first-order valence-electron chi connectivity index (χ1n) is 5.50. The average Bonchev–Trinajstić information content (AvgIpc) is 2.82. The minimum atomic E-state index is -3.68. The topological polar surface area (TPSA) is 66.8 Å². The third-order valence-electron chi connectivity index (χ3n) is 2.87. The molecule has 19 heavy (non-hydrogen) atoms. The molecule has 8 heteroatoms. The lowest BCUT2D eigenvalue weighted by atomic mass is 10.3. The van der Waals surface area contributed by atoms with E-state index >= 15 is 0 Å². The standard InChI is InChI=1S/C11H10BrClN2O3S/c12-9-6-8(3-4-10(9)13)19(17,18)15-5-1-2-11(15)14-7-16/h3-4,6,11H,1-2,5H2. The lowest BCUT2D eigenvalue weighted by molar-refractivity contribution is 0.395. The van der Waals surface area contributed by atoms with Crippen LogP contribution in [0.15, 0.2) is 32.6 Å². The quantitative estimate of drug-likeness (QED) is 0.611. The van der Waals surface area contributed by atoms with E-state index in [0.717, 1.165) is 0 Å². The van der Waals surface area contributed by atoms with E-state index in [2.05, 4.69) is 20.9 Å². The van der Waals surface area contributed by atoms with E-state index in [4.69, 9.17) is 11.6 Å². The van der Waals surface area contributed by atoms with Crippen LogP contribution in [0.4, 0.5) is 0 Å². The molecule has 0 N–H and O–H groups in total. The van der Waals surface area contributed by atoms with E-state index in [1.54, 1.807) is 0 Å². The highest BCUT2D eigenvalue weighted by atomic mass is 79.9. The van der Waals surface area contributed by atoms with Gasteiger partial charge in [0.15, 0.2) is 0 Å². The maximum atomic E-state index is 12.5. The minimum Gasteiger partial charge on any atom is -0.211 e. The molecule has 0 spiro atoms. The van der Waals surface area contributed by atoms with Crippen molar-refractivity contribution in [2.75, 3.05) is 6.54 Å². The van der Waals surface area contributed by atoms with Gasteiger partial charge in [-0.3, -0.25) is 0 Å². The number of benzene rings is 1. The van der Waals surface area contributed by atoms with Gasteiger partial charge in [-0.25, -0.2) is 13.2 Å². The van der Waals surface area contributed by atoms with Crippen LogP contribution in [0.2, 0.25) is 5.02 Å². The fourth-order valence-electron chi connectivity index (χ4n) is 1.97. The summed E-state index contributed by atoms with van der Waals surface area (Å²) < 4.78 is 26.6. The third-order valence-corrected chi connectivity index (χ3v) is 5.98. The first-order valence-corrected chi connectivity index (χ1v) is 8.12. The van der Waals surface area contributed by atoms with Gasteiger partial charge in [0.2, 0.25) is 16.1 Å². The Balaban J connectivity index is 2.41. The molecule has 0 aromatic heterocycles. The highest BCUT2D eigenvalue weighted by molar-refractivity contribution is 9.10. The van der Waals surface area contributed by atoms with Gasteiger partial charge in [0.25, 0.3) is 0 Å². The molecule has 1 saturated heterocycles. The first-order chi connectivity index (χ1) is 8.96. The molecule has 0 bridgehead atoms. The second kappa shape index (κ2) is 5.73. The number of nitrogens with zero attached hydrogens (tertiary/aromatic N) is 2. The lowest BCUT2D eigenvalue weighted by Gasteiger charge is -2.20. The fourth-order valence-corrected chi connectivity index (χ4v) is 4.23. The van der Waals surface area contributed by atoms with Gasteiger partial charge in [0, 0.05) is 11.0 Å². The summed E-state index contributed by atoms with van der Waals surface area (Å²) in [5.41, 5.74) is 0. The minimum absolute atomic E-state index is 0.122. The second-order valence-corrected chi connectivity index (χ2v) is 7.19. The van der Waals surface area contributed by atoms with E-state index < -0.39 is 16.2 Å². The summed E-state index contributed by atoms with van der Waals surface area (Å²) in [6.07, 6.45) is 1.97. The van der Waals surface area contributed by atoms with Crippen LogP contribution in [-0.2, 0) is 14.8 Å². The van der Waals surface area contributed by atoms with E-state index in [1.807, 2.05) is 0 Å². The Morgan fingerprint density at radius 3 is 2.84 bits per heavy atom. The molecule has 0 radical (unpaired) electrons. The first kappa shape index (κ1) is 14.7. The molecule has 1 heterocycles. The summed E-state index contributed by atoms with van der Waals surface area (Å²) in [5, 5.41) is 0.433. The SMILES string of the molecule is O=C=NC1CCCN1S(=O)(=O)c1ccc(Cl)c(Br)c1. The predicted octanol–water partition coefficient (Wildman–Crippen LogP) is 2.55. The zero-order chi connectivity index (χ0) is 14.0. The summed E-state index contributed by atoms with van der Waals surface area (Å²) >= 11 is 9.04. The molecule has 0 amide bonds. The van der Waals surface area contributed by atoms with Crippen molar-refractivity contribution in [1.29, 1.82) is 0 Å². The monoisotopic (exact) mass is 364 g/mol. The van der Waals surface area contributed by atoms with Crippen LogP contribution in [0.5, 0.6) is 0 Å². The number of carbonyl (C=O) groups excluding carboxylic acids is 1. The zero-order valence-corrected chi connectivity index (χ0v) is 12.9. The molecule has 1 aliphatic rings. The molecule has 0 saturated carbocycles. The van der Waals surface area contributed by atoms with Crippen molar-refractivity contribution >= 4 is 43.6 Å². The van der Waals surface area contributed by atoms with Gasteiger partial charge in [-0.2, -0.15) is 9.30 Å². The van der Waals surface area contributed by atoms with Crippen molar-refractivity contribution in [3.63, 3.8) is 0 Å². The van der Waals surface area contributed by atoms with Crippen LogP contribution in [0.1, 0.15) is 12.8 Å². The maximum Gasteiger partial charge on any atom is 0.244 e. The number of aliphatic imine (C=N–C) groups is 1. The van der Waals surface area contributed by atoms with Gasteiger partial charge in [0.1, 0.15) is 6.17 Å². The molecule has 1 atom stereocenters. The Kier molecular flexibility index (Phi) is 4.43. The molecule has 5 nitrogen and oxygen atoms in total. The molecular formula is C11H10BrClN2O3S. The molecular weight excluding hydrogens is 356 g/mol. The van der Waals surface area contributed by atoms with Crippen molar-refractivity contribution < 1.29 is 13.2 Å². The Morgan fingerprint density at radius 1 is 1.47 bits per heavy atom. The molecule has 2 rings (SSSR count). The molecule has 1 aliphatic heterocycles. The molecule has 1 aromatic rings. The van der Waals surface area contributed by atoms with Gasteiger partial charge in [-0.15, -0.1) is 0 Å². The lowest BCUT2D eigenvalue weighted by Crippen LogP contribution is -2.34. The normalized spacial score (nSPS) is 20.2. The Bertz CT molecular complexity index is 643. The smallest absolute Gasteiger partial charge is 0.211 e. The van der Waals surface area contributed by atoms with Crippen molar-refractivity contribution in [3.8, 4) is 0 Å². The van der Waals surface area contributed by atoms with E-state index in [9.17, 15) is 13.2 Å². The number of halogens is 2. The summed E-state index contributed by atoms with van der Waals surface area (Å²) in [5.74, 6) is 0. The van der Waals surface area contributed by atoms with Crippen LogP contribution in [0, 0.1) is 0 Å². The summed E-state index contributed by atoms with van der Waals surface area (Å²) in [6, 6.07) is 4.38. The van der Waals surface area contributed by atoms with Crippen molar-refractivity contribution in [3.05, 3.63) is 27.7 Å². The summed E-state index contributed by atoms with van der Waals surface area (Å²) in [6.45, 7) is 0.346. The number of hydrogen-bond acceptors (Lipinski definition) is 4. The van der Waals surface area contributed by atoms with Crippen LogP contribution in [-0.4, -0.2) is 31.5 Å². The van der Waals surface area contributed by atoms with Crippen molar-refractivity contribution in [2.45, 2.75) is 23.9 Å². The number of rotatable bonds is 3. The highest BCUT2D eigenvalue weighted by Gasteiger charge is 2.35. The van der Waals surface area contributed by atoms with Crippen LogP contribution < -0.4 is 0 Å². The van der Waals surface area contributed by atoms with E-state index in [0.29, 0.717) is 28.9 Å². The summed E-state index contributed by atoms with van der Waals surface area (Å²) in [4.78, 5) is 14.0. The Morgan fingerprint density at radius 2 is 2.21 bits per heavy atom. The van der Waals surface area contributed by atoms with Gasteiger partial charge < -0.3 is 0 Å². The highest BCUT2D eigenvalue weighted by Crippen LogP contribution is 2.30. The maximum absolute atomic E-state index is 12.5. The van der Waals surface area contributed by atoms with Gasteiger partial charge in [-0.05, 0) is 47.0 Å². The average molecular weight is 366 g/mol. The van der Waals surface area contributed by atoms with Crippen molar-refractivity contribution in [2.24, 2.45) is 4.99 Å². The van der Waals surface area contributed by atoms with Crippen molar-refractivity contribution in [1.82, 2.24) is 4.31 Å². The van der Waals surface area contributed by atoms with Gasteiger partial charge >= 0.3 is 0 Å². The Labute approximate surface area is 124 Å². The molecule has 1 fully saturated rings. The van der Waals surface area contributed by atoms with Crippen LogP contribution >= 0.6 is 27.5 Å². The number of isocyanates is 1. The number of sulfonamides is 1. The summed E-state index contributed by atoms with van der Waals surface area (Å²) in [7, 11) is -3.68. The second-order valence-electron chi connectivity index (χ2n) is 4.03. The third kappa shape index (κ3) is 2.90. The molecule has 1 aromatic carbocycles. The predicted molar refractivity (Wildman–Crippen MR) is 74.2 cm³/mol. The van der Waals surface area contributed by atoms with Gasteiger partial charge in [-0.1, -0.05) is 11.6 Å². The van der Waals surface area contributed by atoms with Crippen LogP contribution in [0.25, 0.3) is 0 Å². The van der Waals surface area contributed by atoms with Gasteiger partial charge in [0.05, 0.1) is 9.92 Å². The Hall–Kier alpha value is -0.720. The van der Waals surface area contributed by atoms with E-state index in [1.165, 1.54) is 28.6 Å². The zero-order valence-electron chi connectivity index (χ0n) is 9.71. The molecule has 1 unspecified atom stereocenters. The largest absolute Gasteiger partial charge is 0.244 e. The fraction of sp³-hybridized carbons (Fsp3) is 0.364. The van der Waals surface area contributed by atoms with E-state index in [-0.39, 0.29) is 4.90 Å².